The van der Waals surface area contributed by atoms with Gasteiger partial charge < -0.3 is 4.57 Å². The number of nitrogens with one attached hydrogen (secondary N) is 1. The number of aromatic nitrogens is 3. The SMILES string of the molecule is CCCn1c(-c2cccc(Cl)c2F)n[nH]c1=S. The Bertz CT molecular complexity index is 591. The van der Waals surface area contributed by atoms with Crippen LogP contribution in [0, 0.1) is 10.6 Å². The highest BCUT2D eigenvalue weighted by molar-refractivity contribution is 7.71. The Balaban J connectivity index is 2.60. The Kier molecular flexibility index (Phi) is 3.59. The fourth-order valence-electron chi connectivity index (χ4n) is 1.63. The van der Waals surface area contributed by atoms with E-state index in [2.05, 4.69) is 10.2 Å². The maximum absolute atomic E-state index is 13.9. The summed E-state index contributed by atoms with van der Waals surface area (Å²) in [4.78, 5) is 0. The molecule has 0 amide bonds. The van der Waals surface area contributed by atoms with Gasteiger partial charge in [-0.25, -0.2) is 4.39 Å². The van der Waals surface area contributed by atoms with Crippen molar-refractivity contribution in [1.29, 1.82) is 0 Å². The minimum atomic E-state index is -0.472. The molecule has 0 atom stereocenters. The average molecular weight is 272 g/mol. The lowest BCUT2D eigenvalue weighted by Crippen LogP contribution is -2.01. The molecule has 17 heavy (non-hydrogen) atoms. The molecule has 0 spiro atoms. The molecule has 0 saturated carbocycles. The van der Waals surface area contributed by atoms with Crippen molar-refractivity contribution in [3.05, 3.63) is 33.8 Å². The van der Waals surface area contributed by atoms with Crippen LogP contribution in [0.1, 0.15) is 13.3 Å². The van der Waals surface area contributed by atoms with Gasteiger partial charge in [0.25, 0.3) is 0 Å². The summed E-state index contributed by atoms with van der Waals surface area (Å²) in [5.41, 5.74) is 0.360. The normalized spacial score (nSPS) is 10.8. The highest BCUT2D eigenvalue weighted by Gasteiger charge is 2.14. The third-order valence-electron chi connectivity index (χ3n) is 2.40. The van der Waals surface area contributed by atoms with Crippen LogP contribution in [-0.4, -0.2) is 14.8 Å². The van der Waals surface area contributed by atoms with Crippen LogP contribution in [-0.2, 0) is 6.54 Å². The van der Waals surface area contributed by atoms with E-state index in [0.29, 0.717) is 22.7 Å². The maximum atomic E-state index is 13.9. The summed E-state index contributed by atoms with van der Waals surface area (Å²) in [7, 11) is 0. The van der Waals surface area contributed by atoms with Crippen LogP contribution in [0.25, 0.3) is 11.4 Å². The van der Waals surface area contributed by atoms with Gasteiger partial charge in [0.2, 0.25) is 0 Å². The monoisotopic (exact) mass is 271 g/mol. The van der Waals surface area contributed by atoms with E-state index in [4.69, 9.17) is 23.8 Å². The molecule has 2 aromatic rings. The van der Waals surface area contributed by atoms with E-state index in [1.807, 2.05) is 6.92 Å². The van der Waals surface area contributed by atoms with Crippen molar-refractivity contribution in [3.8, 4) is 11.4 Å². The number of hydrogen-bond acceptors (Lipinski definition) is 2. The fraction of sp³-hybridized carbons (Fsp3) is 0.273. The molecule has 1 aromatic heterocycles. The van der Waals surface area contributed by atoms with Crippen molar-refractivity contribution in [2.24, 2.45) is 0 Å². The lowest BCUT2D eigenvalue weighted by atomic mass is 10.2. The van der Waals surface area contributed by atoms with Gasteiger partial charge in [0.15, 0.2) is 16.4 Å². The Labute approximate surface area is 108 Å². The van der Waals surface area contributed by atoms with E-state index in [1.54, 1.807) is 16.7 Å². The molecule has 0 aliphatic carbocycles. The molecular formula is C11H11ClFN3S. The standard InChI is InChI=1S/C11H11ClFN3S/c1-2-6-16-10(14-15-11(16)17)7-4-3-5-8(12)9(7)13/h3-5H,2,6H2,1H3,(H,15,17). The minimum absolute atomic E-state index is 0.0828. The second kappa shape index (κ2) is 4.98. The van der Waals surface area contributed by atoms with Crippen molar-refractivity contribution in [2.75, 3.05) is 0 Å². The Morgan fingerprint density at radius 1 is 1.53 bits per heavy atom. The first-order valence-electron chi connectivity index (χ1n) is 5.24. The molecule has 1 N–H and O–H groups in total. The minimum Gasteiger partial charge on any atom is -0.300 e. The number of aromatic amines is 1. The molecule has 0 radical (unpaired) electrons. The van der Waals surface area contributed by atoms with Crippen LogP contribution < -0.4 is 0 Å². The molecule has 0 fully saturated rings. The maximum Gasteiger partial charge on any atom is 0.195 e. The molecular weight excluding hydrogens is 261 g/mol. The van der Waals surface area contributed by atoms with Crippen molar-refractivity contribution in [1.82, 2.24) is 14.8 Å². The zero-order chi connectivity index (χ0) is 12.4. The van der Waals surface area contributed by atoms with E-state index in [1.165, 1.54) is 6.07 Å². The van der Waals surface area contributed by atoms with E-state index < -0.39 is 5.82 Å². The number of halogens is 2. The van der Waals surface area contributed by atoms with Gasteiger partial charge in [-0.1, -0.05) is 24.6 Å². The van der Waals surface area contributed by atoms with Gasteiger partial charge in [-0.05, 0) is 30.8 Å². The zero-order valence-electron chi connectivity index (χ0n) is 9.20. The smallest absolute Gasteiger partial charge is 0.195 e. The predicted molar refractivity (Wildman–Crippen MR) is 68.1 cm³/mol. The van der Waals surface area contributed by atoms with Gasteiger partial charge in [-0.3, -0.25) is 5.10 Å². The topological polar surface area (TPSA) is 33.6 Å². The molecule has 1 heterocycles. The van der Waals surface area contributed by atoms with Crippen LogP contribution in [0.3, 0.4) is 0 Å². The first-order chi connectivity index (χ1) is 8.15. The zero-order valence-corrected chi connectivity index (χ0v) is 10.8. The lowest BCUT2D eigenvalue weighted by molar-refractivity contribution is 0.623. The fourth-order valence-corrected chi connectivity index (χ4v) is 2.03. The van der Waals surface area contributed by atoms with Crippen LogP contribution in [0.4, 0.5) is 4.39 Å². The van der Waals surface area contributed by atoms with Crippen molar-refractivity contribution in [2.45, 2.75) is 19.9 Å². The molecule has 90 valence electrons. The van der Waals surface area contributed by atoms with Crippen LogP contribution in [0.15, 0.2) is 18.2 Å². The Morgan fingerprint density at radius 3 is 3.00 bits per heavy atom. The van der Waals surface area contributed by atoms with Crippen molar-refractivity contribution < 1.29 is 4.39 Å². The van der Waals surface area contributed by atoms with Gasteiger partial charge in [0.1, 0.15) is 0 Å². The molecule has 0 bridgehead atoms. The molecule has 1 aromatic carbocycles. The largest absolute Gasteiger partial charge is 0.300 e. The average Bonchev–Trinajstić information content (AvgIpc) is 2.66. The number of benzene rings is 1. The summed E-state index contributed by atoms with van der Waals surface area (Å²) in [5, 5.41) is 6.81. The second-order valence-corrected chi connectivity index (χ2v) is 4.40. The van der Waals surface area contributed by atoms with Crippen LogP contribution >= 0.6 is 23.8 Å². The van der Waals surface area contributed by atoms with E-state index in [0.717, 1.165) is 6.42 Å². The third-order valence-corrected chi connectivity index (χ3v) is 3.00. The molecule has 2 rings (SSSR count). The first kappa shape index (κ1) is 12.3. The van der Waals surface area contributed by atoms with Crippen molar-refractivity contribution in [3.63, 3.8) is 0 Å². The lowest BCUT2D eigenvalue weighted by Gasteiger charge is -2.06. The molecule has 0 aliphatic rings. The highest BCUT2D eigenvalue weighted by atomic mass is 35.5. The van der Waals surface area contributed by atoms with Gasteiger partial charge in [0.05, 0.1) is 10.6 Å². The third kappa shape index (κ3) is 2.25. The van der Waals surface area contributed by atoms with E-state index >= 15 is 0 Å². The Morgan fingerprint density at radius 2 is 2.29 bits per heavy atom. The van der Waals surface area contributed by atoms with Crippen molar-refractivity contribution >= 4 is 23.8 Å². The summed E-state index contributed by atoms with van der Waals surface area (Å²) >= 11 is 10.9. The van der Waals surface area contributed by atoms with E-state index in [9.17, 15) is 4.39 Å². The molecule has 0 saturated heterocycles. The number of nitrogens with zero attached hydrogens (tertiary/aromatic N) is 2. The molecule has 3 nitrogen and oxygen atoms in total. The van der Waals surface area contributed by atoms with Gasteiger partial charge in [0, 0.05) is 6.54 Å². The predicted octanol–water partition coefficient (Wildman–Crippen LogP) is 3.81. The summed E-state index contributed by atoms with van der Waals surface area (Å²) in [5.74, 6) is 0.0115. The Hall–Kier alpha value is -1.20. The van der Waals surface area contributed by atoms with Crippen LogP contribution in [0.2, 0.25) is 5.02 Å². The summed E-state index contributed by atoms with van der Waals surface area (Å²) in [6.45, 7) is 2.71. The van der Waals surface area contributed by atoms with Gasteiger partial charge >= 0.3 is 0 Å². The molecule has 6 heteroatoms. The first-order valence-corrected chi connectivity index (χ1v) is 6.03. The summed E-state index contributed by atoms with van der Waals surface area (Å²) < 4.78 is 16.1. The quantitative estimate of drug-likeness (QED) is 0.861. The molecule has 0 aliphatic heterocycles. The summed E-state index contributed by atoms with van der Waals surface area (Å²) in [6, 6.07) is 4.83. The second-order valence-electron chi connectivity index (χ2n) is 3.61. The summed E-state index contributed by atoms with van der Waals surface area (Å²) in [6.07, 6.45) is 0.892. The molecule has 0 unspecified atom stereocenters. The van der Waals surface area contributed by atoms with Gasteiger partial charge in [-0.2, -0.15) is 5.10 Å². The van der Waals surface area contributed by atoms with E-state index in [-0.39, 0.29) is 5.02 Å². The highest BCUT2D eigenvalue weighted by Crippen LogP contribution is 2.26. The number of rotatable bonds is 3. The number of H-pyrrole nitrogens is 1. The van der Waals surface area contributed by atoms with Gasteiger partial charge in [-0.15, -0.1) is 0 Å². The number of hydrogen-bond donors (Lipinski definition) is 1. The van der Waals surface area contributed by atoms with Crippen LogP contribution in [0.5, 0.6) is 0 Å².